The zero-order valence-corrected chi connectivity index (χ0v) is 8.85. The summed E-state index contributed by atoms with van der Waals surface area (Å²) in [7, 11) is 0. The first-order valence-electron chi connectivity index (χ1n) is 4.06. The smallest absolute Gasteiger partial charge is 0.188 e. The number of rotatable bonds is 3. The van der Waals surface area contributed by atoms with Crippen LogP contribution in [0.25, 0.3) is 0 Å². The predicted molar refractivity (Wildman–Crippen MR) is 59.2 cm³/mol. The second-order valence-corrected chi connectivity index (χ2v) is 3.81. The average molecular weight is 226 g/mol. The number of aromatic nitrogens is 2. The number of nitrogens with one attached hydrogen (secondary N) is 1. The molecule has 0 spiro atoms. The highest BCUT2D eigenvalue weighted by molar-refractivity contribution is 7.13. The quantitative estimate of drug-likeness (QED) is 0.816. The van der Waals surface area contributed by atoms with Gasteiger partial charge in [0.05, 0.1) is 0 Å². The Hall–Kier alpha value is -1.13. The van der Waals surface area contributed by atoms with E-state index in [1.807, 2.05) is 17.5 Å². The maximum absolute atomic E-state index is 5.71. The first-order valence-corrected chi connectivity index (χ1v) is 5.47. The van der Waals surface area contributed by atoms with Crippen LogP contribution in [0.1, 0.15) is 5.56 Å². The third kappa shape index (κ3) is 2.21. The maximum Gasteiger partial charge on any atom is 0.188 e. The average Bonchev–Trinajstić information content (AvgIpc) is 2.71. The number of halogens is 1. The van der Waals surface area contributed by atoms with Crippen LogP contribution in [0.4, 0.5) is 10.9 Å². The van der Waals surface area contributed by atoms with Crippen molar-refractivity contribution in [3.63, 3.8) is 0 Å². The summed E-state index contributed by atoms with van der Waals surface area (Å²) in [6, 6.07) is 3.80. The van der Waals surface area contributed by atoms with Crippen LogP contribution >= 0.6 is 22.9 Å². The number of thiazole rings is 1. The normalized spacial score (nSPS) is 10.1. The molecule has 0 radical (unpaired) electrons. The van der Waals surface area contributed by atoms with Crippen LogP contribution < -0.4 is 5.32 Å². The van der Waals surface area contributed by atoms with Gasteiger partial charge in [-0.1, -0.05) is 0 Å². The largest absolute Gasteiger partial charge is 0.316 e. The highest BCUT2D eigenvalue weighted by Crippen LogP contribution is 2.17. The zero-order chi connectivity index (χ0) is 9.80. The lowest BCUT2D eigenvalue weighted by atomic mass is 10.3. The molecule has 0 aromatic carbocycles. The van der Waals surface area contributed by atoms with E-state index < -0.39 is 0 Å². The number of anilines is 2. The van der Waals surface area contributed by atoms with E-state index in [0.717, 1.165) is 16.5 Å². The van der Waals surface area contributed by atoms with Crippen LogP contribution in [0.3, 0.4) is 0 Å². The number of hydrogen-bond donors (Lipinski definition) is 1. The van der Waals surface area contributed by atoms with Gasteiger partial charge in [-0.3, -0.25) is 0 Å². The van der Waals surface area contributed by atoms with E-state index in [4.69, 9.17) is 11.6 Å². The van der Waals surface area contributed by atoms with Gasteiger partial charge >= 0.3 is 0 Å². The summed E-state index contributed by atoms with van der Waals surface area (Å²) in [4.78, 5) is 8.26. The lowest BCUT2D eigenvalue weighted by Gasteiger charge is -2.02. The summed E-state index contributed by atoms with van der Waals surface area (Å²) in [5.74, 6) is 1.27. The van der Waals surface area contributed by atoms with Crippen LogP contribution in [0.2, 0.25) is 0 Å². The molecule has 0 saturated carbocycles. The molecule has 1 N–H and O–H groups in total. The van der Waals surface area contributed by atoms with Gasteiger partial charge in [0.25, 0.3) is 0 Å². The van der Waals surface area contributed by atoms with E-state index in [2.05, 4.69) is 15.3 Å². The van der Waals surface area contributed by atoms with Gasteiger partial charge < -0.3 is 5.32 Å². The summed E-state index contributed by atoms with van der Waals surface area (Å²) in [6.45, 7) is 0. The van der Waals surface area contributed by atoms with Crippen LogP contribution in [-0.2, 0) is 5.88 Å². The minimum Gasteiger partial charge on any atom is -0.316 e. The van der Waals surface area contributed by atoms with Crippen LogP contribution in [0, 0.1) is 0 Å². The molecular weight excluding hydrogens is 218 g/mol. The number of hydrogen-bond acceptors (Lipinski definition) is 4. The van der Waals surface area contributed by atoms with Gasteiger partial charge in [-0.15, -0.1) is 22.9 Å². The molecule has 0 bridgehead atoms. The van der Waals surface area contributed by atoms with Gasteiger partial charge in [-0.25, -0.2) is 9.97 Å². The van der Waals surface area contributed by atoms with Crippen molar-refractivity contribution in [2.45, 2.75) is 5.88 Å². The Bertz CT molecular complexity index is 402. The zero-order valence-electron chi connectivity index (χ0n) is 7.27. The van der Waals surface area contributed by atoms with E-state index >= 15 is 0 Å². The van der Waals surface area contributed by atoms with E-state index in [9.17, 15) is 0 Å². The maximum atomic E-state index is 5.71. The SMILES string of the molecule is ClCc1ccnc(Nc2nccs2)c1. The molecule has 2 aromatic rings. The number of pyridine rings is 1. The molecule has 14 heavy (non-hydrogen) atoms. The fraction of sp³-hybridized carbons (Fsp3) is 0.111. The van der Waals surface area contributed by atoms with E-state index in [-0.39, 0.29) is 0 Å². The minimum atomic E-state index is 0.495. The Morgan fingerprint density at radius 2 is 2.29 bits per heavy atom. The Labute approximate surface area is 90.8 Å². The highest BCUT2D eigenvalue weighted by atomic mass is 35.5. The molecule has 0 amide bonds. The molecule has 0 aliphatic heterocycles. The topological polar surface area (TPSA) is 37.8 Å². The molecule has 2 heterocycles. The first-order chi connectivity index (χ1) is 6.88. The van der Waals surface area contributed by atoms with Crippen molar-refractivity contribution in [1.29, 1.82) is 0 Å². The monoisotopic (exact) mass is 225 g/mol. The Morgan fingerprint density at radius 1 is 1.36 bits per heavy atom. The second-order valence-electron chi connectivity index (χ2n) is 2.65. The number of nitrogens with zero attached hydrogens (tertiary/aromatic N) is 2. The molecule has 0 aliphatic rings. The van der Waals surface area contributed by atoms with Crippen LogP contribution in [-0.4, -0.2) is 9.97 Å². The molecule has 72 valence electrons. The molecule has 0 aliphatic carbocycles. The van der Waals surface area contributed by atoms with E-state index in [1.165, 1.54) is 11.3 Å². The molecular formula is C9H8ClN3S. The Balaban J connectivity index is 2.17. The van der Waals surface area contributed by atoms with Crippen molar-refractivity contribution < 1.29 is 0 Å². The lowest BCUT2D eigenvalue weighted by molar-refractivity contribution is 1.25. The minimum absolute atomic E-state index is 0.495. The fourth-order valence-electron chi connectivity index (χ4n) is 1.02. The molecule has 2 aromatic heterocycles. The van der Waals surface area contributed by atoms with Gasteiger partial charge in [0.1, 0.15) is 5.82 Å². The fourth-order valence-corrected chi connectivity index (χ4v) is 1.72. The van der Waals surface area contributed by atoms with Crippen molar-refractivity contribution in [2.75, 3.05) is 5.32 Å². The predicted octanol–water partition coefficient (Wildman–Crippen LogP) is 3.02. The second kappa shape index (κ2) is 4.39. The van der Waals surface area contributed by atoms with E-state index in [1.54, 1.807) is 12.4 Å². The summed E-state index contributed by atoms with van der Waals surface area (Å²) >= 11 is 7.25. The van der Waals surface area contributed by atoms with Gasteiger partial charge in [0.15, 0.2) is 5.13 Å². The third-order valence-corrected chi connectivity index (χ3v) is 2.64. The van der Waals surface area contributed by atoms with E-state index in [0.29, 0.717) is 5.88 Å². The Kier molecular flexibility index (Phi) is 2.96. The first kappa shape index (κ1) is 9.43. The molecule has 0 fully saturated rings. The van der Waals surface area contributed by atoms with Gasteiger partial charge in [-0.2, -0.15) is 0 Å². The van der Waals surface area contributed by atoms with Gasteiger partial charge in [0.2, 0.25) is 0 Å². The van der Waals surface area contributed by atoms with Crippen LogP contribution in [0.15, 0.2) is 29.9 Å². The van der Waals surface area contributed by atoms with Crippen molar-refractivity contribution >= 4 is 33.9 Å². The van der Waals surface area contributed by atoms with Gasteiger partial charge in [-0.05, 0) is 17.7 Å². The summed E-state index contributed by atoms with van der Waals surface area (Å²) < 4.78 is 0. The highest BCUT2D eigenvalue weighted by Gasteiger charge is 1.98. The van der Waals surface area contributed by atoms with Crippen molar-refractivity contribution in [2.24, 2.45) is 0 Å². The molecule has 5 heteroatoms. The third-order valence-electron chi connectivity index (χ3n) is 1.65. The van der Waals surface area contributed by atoms with Gasteiger partial charge in [0, 0.05) is 23.7 Å². The van der Waals surface area contributed by atoms with Crippen LogP contribution in [0.5, 0.6) is 0 Å². The summed E-state index contributed by atoms with van der Waals surface area (Å²) in [5, 5.41) is 5.84. The lowest BCUT2D eigenvalue weighted by Crippen LogP contribution is -1.93. The molecule has 2 rings (SSSR count). The molecule has 3 nitrogen and oxygen atoms in total. The standard InChI is InChI=1S/C9H8ClN3S/c10-6-7-1-2-11-8(5-7)13-9-12-3-4-14-9/h1-5H,6H2,(H,11,12,13). The number of alkyl halides is 1. The molecule has 0 unspecified atom stereocenters. The van der Waals surface area contributed by atoms with Crippen molar-refractivity contribution in [1.82, 2.24) is 9.97 Å². The van der Waals surface area contributed by atoms with Crippen molar-refractivity contribution in [3.05, 3.63) is 35.5 Å². The summed E-state index contributed by atoms with van der Waals surface area (Å²) in [6.07, 6.45) is 3.48. The molecule has 0 atom stereocenters. The van der Waals surface area contributed by atoms with Crippen molar-refractivity contribution in [3.8, 4) is 0 Å². The summed E-state index contributed by atoms with van der Waals surface area (Å²) in [5.41, 5.74) is 1.04. The Morgan fingerprint density at radius 3 is 3.00 bits per heavy atom. The molecule has 0 saturated heterocycles.